The number of thioether (sulfide) groups is 1. The van der Waals surface area contributed by atoms with E-state index >= 15 is 0 Å². The van der Waals surface area contributed by atoms with Crippen molar-refractivity contribution in [1.29, 1.82) is 0 Å². The molecule has 5 nitrogen and oxygen atoms in total. The zero-order valence-corrected chi connectivity index (χ0v) is 12.4. The van der Waals surface area contributed by atoms with Gasteiger partial charge >= 0.3 is 5.97 Å². The molecule has 1 aliphatic carbocycles. The van der Waals surface area contributed by atoms with Crippen LogP contribution in [-0.4, -0.2) is 31.1 Å². The number of aromatic carboxylic acids is 1. The van der Waals surface area contributed by atoms with Gasteiger partial charge in [0.05, 0.1) is 16.6 Å². The van der Waals surface area contributed by atoms with Crippen LogP contribution in [0.2, 0.25) is 0 Å². The lowest BCUT2D eigenvalue weighted by Gasteiger charge is -2.12. The van der Waals surface area contributed by atoms with Gasteiger partial charge < -0.3 is 5.11 Å². The van der Waals surface area contributed by atoms with Crippen LogP contribution in [0.5, 0.6) is 0 Å². The summed E-state index contributed by atoms with van der Waals surface area (Å²) in [6.45, 7) is 1.91. The van der Waals surface area contributed by atoms with Gasteiger partial charge in [-0.1, -0.05) is 12.8 Å². The maximum absolute atomic E-state index is 11.5. The monoisotopic (exact) mass is 291 g/mol. The Kier molecular flexibility index (Phi) is 3.41. The minimum atomic E-state index is -0.914. The van der Waals surface area contributed by atoms with Crippen LogP contribution in [0.15, 0.2) is 11.1 Å². The van der Waals surface area contributed by atoms with Gasteiger partial charge in [0.2, 0.25) is 0 Å². The highest BCUT2D eigenvalue weighted by atomic mass is 32.2. The van der Waals surface area contributed by atoms with E-state index in [2.05, 4.69) is 10.1 Å². The number of pyridine rings is 1. The predicted molar refractivity (Wildman–Crippen MR) is 78.3 cm³/mol. The third-order valence-corrected chi connectivity index (χ3v) is 5.26. The van der Waals surface area contributed by atoms with E-state index in [0.717, 1.165) is 34.5 Å². The molecule has 0 aromatic carbocycles. The number of carbonyl (C=O) groups is 1. The Bertz CT molecular complexity index is 675. The molecule has 106 valence electrons. The van der Waals surface area contributed by atoms with E-state index in [1.807, 2.05) is 14.0 Å². The van der Waals surface area contributed by atoms with Gasteiger partial charge in [-0.25, -0.2) is 9.78 Å². The molecule has 20 heavy (non-hydrogen) atoms. The molecular formula is C14H17N3O2S. The van der Waals surface area contributed by atoms with E-state index in [1.54, 1.807) is 16.4 Å². The smallest absolute Gasteiger partial charge is 0.338 e. The van der Waals surface area contributed by atoms with Crippen molar-refractivity contribution in [2.45, 2.75) is 42.8 Å². The topological polar surface area (TPSA) is 68.0 Å². The van der Waals surface area contributed by atoms with E-state index in [1.165, 1.54) is 19.0 Å². The first-order valence-corrected chi connectivity index (χ1v) is 7.68. The summed E-state index contributed by atoms with van der Waals surface area (Å²) < 4.78 is 1.72. The molecule has 0 spiro atoms. The molecule has 1 N–H and O–H groups in total. The number of hydrogen-bond donors (Lipinski definition) is 1. The summed E-state index contributed by atoms with van der Waals surface area (Å²) in [7, 11) is 1.84. The quantitative estimate of drug-likeness (QED) is 0.941. The fourth-order valence-electron chi connectivity index (χ4n) is 2.83. The summed E-state index contributed by atoms with van der Waals surface area (Å²) in [5, 5.41) is 15.2. The lowest BCUT2D eigenvalue weighted by atomic mass is 10.2. The Morgan fingerprint density at radius 3 is 2.80 bits per heavy atom. The predicted octanol–water partition coefficient (Wildman–Crippen LogP) is 3.01. The number of carboxylic acids is 1. The van der Waals surface area contributed by atoms with E-state index in [-0.39, 0.29) is 0 Å². The van der Waals surface area contributed by atoms with Crippen molar-refractivity contribution in [3.8, 4) is 0 Å². The number of nitrogens with zero attached hydrogens (tertiary/aromatic N) is 3. The summed E-state index contributed by atoms with van der Waals surface area (Å²) >= 11 is 1.69. The average Bonchev–Trinajstić information content (AvgIpc) is 2.99. The second-order valence-electron chi connectivity index (χ2n) is 5.24. The second-order valence-corrected chi connectivity index (χ2v) is 6.55. The SMILES string of the molecule is Cc1nn(C)c2ncc(C(=O)O)c(SC3CCCC3)c12. The average molecular weight is 291 g/mol. The van der Waals surface area contributed by atoms with Gasteiger partial charge in [0.25, 0.3) is 0 Å². The van der Waals surface area contributed by atoms with Crippen molar-refractivity contribution in [3.05, 3.63) is 17.5 Å². The molecule has 0 saturated heterocycles. The molecule has 0 bridgehead atoms. The molecular weight excluding hydrogens is 274 g/mol. The van der Waals surface area contributed by atoms with E-state index in [9.17, 15) is 9.90 Å². The van der Waals surface area contributed by atoms with Crippen LogP contribution in [0.4, 0.5) is 0 Å². The van der Waals surface area contributed by atoms with Gasteiger partial charge in [0.1, 0.15) is 0 Å². The largest absolute Gasteiger partial charge is 0.478 e. The lowest BCUT2D eigenvalue weighted by Crippen LogP contribution is -2.04. The van der Waals surface area contributed by atoms with Crippen LogP contribution < -0.4 is 0 Å². The molecule has 2 heterocycles. The summed E-state index contributed by atoms with van der Waals surface area (Å²) in [6.07, 6.45) is 6.25. The highest BCUT2D eigenvalue weighted by Gasteiger charge is 2.24. The molecule has 1 aliphatic rings. The Morgan fingerprint density at radius 1 is 1.45 bits per heavy atom. The maximum Gasteiger partial charge on any atom is 0.338 e. The zero-order valence-electron chi connectivity index (χ0n) is 11.6. The first kappa shape index (κ1) is 13.4. The van der Waals surface area contributed by atoms with Crippen LogP contribution in [0.25, 0.3) is 11.0 Å². The van der Waals surface area contributed by atoms with Crippen molar-refractivity contribution in [1.82, 2.24) is 14.8 Å². The second kappa shape index (κ2) is 5.09. The summed E-state index contributed by atoms with van der Waals surface area (Å²) in [4.78, 5) is 16.6. The van der Waals surface area contributed by atoms with Crippen LogP contribution in [-0.2, 0) is 7.05 Å². The minimum Gasteiger partial charge on any atom is -0.478 e. The van der Waals surface area contributed by atoms with Crippen molar-refractivity contribution in [3.63, 3.8) is 0 Å². The molecule has 2 aromatic rings. The molecule has 0 unspecified atom stereocenters. The van der Waals surface area contributed by atoms with Crippen molar-refractivity contribution >= 4 is 28.8 Å². The van der Waals surface area contributed by atoms with Gasteiger partial charge in [0.15, 0.2) is 5.65 Å². The Morgan fingerprint density at radius 2 is 2.15 bits per heavy atom. The first-order chi connectivity index (χ1) is 9.58. The molecule has 1 saturated carbocycles. The molecule has 0 aliphatic heterocycles. The van der Waals surface area contributed by atoms with Crippen molar-refractivity contribution < 1.29 is 9.90 Å². The fraction of sp³-hybridized carbons (Fsp3) is 0.500. The third-order valence-electron chi connectivity index (χ3n) is 3.80. The standard InChI is InChI=1S/C14H17N3O2S/c1-8-11-12(20-9-5-3-4-6-9)10(14(18)19)7-15-13(11)17(2)16-8/h7,9H,3-6H2,1-2H3,(H,18,19). The van der Waals surface area contributed by atoms with Gasteiger partial charge in [-0.3, -0.25) is 4.68 Å². The normalized spacial score (nSPS) is 16.1. The summed E-state index contributed by atoms with van der Waals surface area (Å²) in [6, 6.07) is 0. The van der Waals surface area contributed by atoms with Crippen LogP contribution in [0.3, 0.4) is 0 Å². The highest BCUT2D eigenvalue weighted by Crippen LogP contribution is 2.40. The molecule has 6 heteroatoms. The molecule has 1 fully saturated rings. The van der Waals surface area contributed by atoms with Gasteiger partial charge in [-0.2, -0.15) is 5.10 Å². The van der Waals surface area contributed by atoms with E-state index < -0.39 is 5.97 Å². The third kappa shape index (κ3) is 2.18. The van der Waals surface area contributed by atoms with Crippen molar-refractivity contribution in [2.24, 2.45) is 7.05 Å². The van der Waals surface area contributed by atoms with E-state index in [0.29, 0.717) is 10.8 Å². The number of aromatic nitrogens is 3. The Balaban J connectivity index is 2.17. The molecule has 0 radical (unpaired) electrons. The van der Waals surface area contributed by atoms with Gasteiger partial charge in [-0.05, 0) is 19.8 Å². The van der Waals surface area contributed by atoms with Crippen LogP contribution in [0, 0.1) is 6.92 Å². The Labute approximate surface area is 121 Å². The van der Waals surface area contributed by atoms with Crippen molar-refractivity contribution in [2.75, 3.05) is 0 Å². The minimum absolute atomic E-state index is 0.297. The molecule has 2 aromatic heterocycles. The Hall–Kier alpha value is -1.56. The lowest BCUT2D eigenvalue weighted by molar-refractivity contribution is 0.0693. The fourth-order valence-corrected chi connectivity index (χ4v) is 4.35. The number of hydrogen-bond acceptors (Lipinski definition) is 4. The first-order valence-electron chi connectivity index (χ1n) is 6.80. The molecule has 0 atom stereocenters. The number of fused-ring (bicyclic) bond motifs is 1. The zero-order chi connectivity index (χ0) is 14.3. The summed E-state index contributed by atoms with van der Waals surface area (Å²) in [5.41, 5.74) is 1.90. The number of carboxylic acid groups (broad SMARTS) is 1. The van der Waals surface area contributed by atoms with Crippen LogP contribution in [0.1, 0.15) is 41.7 Å². The van der Waals surface area contributed by atoms with Gasteiger partial charge in [0, 0.05) is 23.4 Å². The molecule has 0 amide bonds. The summed E-state index contributed by atoms with van der Waals surface area (Å²) in [5.74, 6) is -0.914. The molecule has 3 rings (SSSR count). The van der Waals surface area contributed by atoms with E-state index in [4.69, 9.17) is 0 Å². The highest BCUT2D eigenvalue weighted by molar-refractivity contribution is 8.00. The number of aryl methyl sites for hydroxylation is 2. The maximum atomic E-state index is 11.5. The van der Waals surface area contributed by atoms with Gasteiger partial charge in [-0.15, -0.1) is 11.8 Å². The number of rotatable bonds is 3. The van der Waals surface area contributed by atoms with Crippen LogP contribution >= 0.6 is 11.8 Å².